The van der Waals surface area contributed by atoms with Gasteiger partial charge in [0.25, 0.3) is 15.9 Å². The summed E-state index contributed by atoms with van der Waals surface area (Å²) in [6.45, 7) is 1.87. The second kappa shape index (κ2) is 6.36. The van der Waals surface area contributed by atoms with E-state index in [1.807, 2.05) is 6.92 Å². The van der Waals surface area contributed by atoms with Gasteiger partial charge in [0.05, 0.1) is 12.8 Å². The molecule has 0 atom stereocenters. The molecule has 1 aromatic carbocycles. The Morgan fingerprint density at radius 3 is 2.62 bits per heavy atom. The summed E-state index contributed by atoms with van der Waals surface area (Å²) < 4.78 is 43.1. The van der Waals surface area contributed by atoms with Gasteiger partial charge in [0.1, 0.15) is 5.75 Å². The monoisotopic (exact) mass is 349 g/mol. The van der Waals surface area contributed by atoms with E-state index in [9.17, 15) is 8.42 Å². The lowest BCUT2D eigenvalue weighted by Gasteiger charge is -2.09. The van der Waals surface area contributed by atoms with Crippen LogP contribution in [-0.2, 0) is 16.4 Å². The highest BCUT2D eigenvalue weighted by molar-refractivity contribution is 7.92. The van der Waals surface area contributed by atoms with Crippen LogP contribution in [0.5, 0.6) is 5.75 Å². The molecule has 0 saturated heterocycles. The molecule has 0 bridgehead atoms. The third-order valence-corrected chi connectivity index (χ3v) is 4.42. The van der Waals surface area contributed by atoms with Crippen LogP contribution < -0.4 is 9.46 Å². The molecule has 0 aliphatic heterocycles. The van der Waals surface area contributed by atoms with E-state index < -0.39 is 10.0 Å². The van der Waals surface area contributed by atoms with Gasteiger partial charge in [0.2, 0.25) is 11.0 Å². The Bertz CT molecular complexity index is 945. The van der Waals surface area contributed by atoms with Crippen molar-refractivity contribution in [1.29, 1.82) is 0 Å². The van der Waals surface area contributed by atoms with Gasteiger partial charge in [-0.1, -0.05) is 19.1 Å². The number of aryl methyl sites for hydroxylation is 1. The highest BCUT2D eigenvalue weighted by atomic mass is 32.2. The van der Waals surface area contributed by atoms with Crippen LogP contribution in [0.4, 0.5) is 5.69 Å². The average Bonchev–Trinajstić information content (AvgIpc) is 3.24. The van der Waals surface area contributed by atoms with Crippen molar-refractivity contribution in [3.8, 4) is 17.4 Å². The van der Waals surface area contributed by atoms with E-state index in [0.29, 0.717) is 23.7 Å². The zero-order valence-corrected chi connectivity index (χ0v) is 13.8. The fraction of sp³-hybridized carbons (Fsp3) is 0.200. The predicted molar refractivity (Wildman–Crippen MR) is 85.2 cm³/mol. The first-order valence-corrected chi connectivity index (χ1v) is 8.60. The van der Waals surface area contributed by atoms with E-state index in [0.717, 1.165) is 0 Å². The Morgan fingerprint density at radius 2 is 1.92 bits per heavy atom. The maximum absolute atomic E-state index is 12.4. The Kier molecular flexibility index (Phi) is 4.26. The summed E-state index contributed by atoms with van der Waals surface area (Å²) in [5, 5.41) is 7.37. The van der Waals surface area contributed by atoms with E-state index in [-0.39, 0.29) is 16.7 Å². The first-order valence-electron chi connectivity index (χ1n) is 7.12. The molecule has 0 aliphatic carbocycles. The second-order valence-corrected chi connectivity index (χ2v) is 6.39. The molecular weight excluding hydrogens is 334 g/mol. The van der Waals surface area contributed by atoms with Crippen molar-refractivity contribution in [3.05, 3.63) is 42.3 Å². The summed E-state index contributed by atoms with van der Waals surface area (Å²) in [4.78, 5) is 0. The minimum atomic E-state index is -3.92. The number of hydrogen-bond acceptors (Lipinski definition) is 7. The van der Waals surface area contributed by atoms with Gasteiger partial charge in [-0.15, -0.1) is 10.2 Å². The van der Waals surface area contributed by atoms with Gasteiger partial charge in [-0.2, -0.15) is 8.42 Å². The number of hydrogen-bond donors (Lipinski definition) is 1. The van der Waals surface area contributed by atoms with Gasteiger partial charge < -0.3 is 13.6 Å². The molecule has 8 nitrogen and oxygen atoms in total. The number of nitrogens with one attached hydrogen (secondary N) is 1. The molecule has 0 radical (unpaired) electrons. The first kappa shape index (κ1) is 16.1. The number of nitrogens with zero attached hydrogens (tertiary/aromatic N) is 2. The van der Waals surface area contributed by atoms with Gasteiger partial charge in [-0.05, 0) is 24.3 Å². The van der Waals surface area contributed by atoms with Crippen molar-refractivity contribution in [1.82, 2.24) is 10.2 Å². The number of methoxy groups -OCH3 is 1. The van der Waals surface area contributed by atoms with Gasteiger partial charge >= 0.3 is 0 Å². The van der Waals surface area contributed by atoms with Crippen LogP contribution in [0, 0.1) is 0 Å². The minimum Gasteiger partial charge on any atom is -0.495 e. The number of aromatic nitrogens is 2. The molecule has 0 fully saturated rings. The van der Waals surface area contributed by atoms with Gasteiger partial charge in [-0.3, -0.25) is 4.72 Å². The van der Waals surface area contributed by atoms with Crippen molar-refractivity contribution in [2.45, 2.75) is 18.4 Å². The van der Waals surface area contributed by atoms with Crippen LogP contribution in [-0.4, -0.2) is 25.7 Å². The normalized spacial score (nSPS) is 11.4. The largest absolute Gasteiger partial charge is 0.495 e. The van der Waals surface area contributed by atoms with E-state index in [2.05, 4.69) is 14.9 Å². The Morgan fingerprint density at radius 1 is 1.12 bits per heavy atom. The van der Waals surface area contributed by atoms with Gasteiger partial charge in [0.15, 0.2) is 5.76 Å². The summed E-state index contributed by atoms with van der Waals surface area (Å²) in [5.74, 6) is 1.16. The fourth-order valence-corrected chi connectivity index (χ4v) is 3.01. The molecule has 3 aromatic rings. The summed E-state index contributed by atoms with van der Waals surface area (Å²) >= 11 is 0. The van der Waals surface area contributed by atoms with Gasteiger partial charge in [0, 0.05) is 6.42 Å². The highest BCUT2D eigenvalue weighted by Crippen LogP contribution is 2.28. The fourth-order valence-electron chi connectivity index (χ4n) is 2.00. The highest BCUT2D eigenvalue weighted by Gasteiger charge is 2.22. The molecule has 1 N–H and O–H groups in total. The summed E-state index contributed by atoms with van der Waals surface area (Å²) in [7, 11) is -2.46. The molecule has 9 heteroatoms. The van der Waals surface area contributed by atoms with Crippen LogP contribution in [0.25, 0.3) is 11.7 Å². The Labute approximate surface area is 138 Å². The van der Waals surface area contributed by atoms with E-state index in [1.54, 1.807) is 24.3 Å². The topological polar surface area (TPSA) is 107 Å². The summed E-state index contributed by atoms with van der Waals surface area (Å²) in [6.07, 6.45) is 0.578. The molecule has 0 aliphatic rings. The molecular formula is C15H15N3O5S. The van der Waals surface area contributed by atoms with Crippen molar-refractivity contribution < 1.29 is 22.0 Å². The van der Waals surface area contributed by atoms with E-state index in [1.165, 1.54) is 19.2 Å². The van der Waals surface area contributed by atoms with Crippen molar-refractivity contribution in [2.75, 3.05) is 11.8 Å². The van der Waals surface area contributed by atoms with Crippen molar-refractivity contribution in [2.24, 2.45) is 0 Å². The molecule has 0 spiro atoms. The number of para-hydroxylation sites is 2. The molecule has 3 rings (SSSR count). The lowest BCUT2D eigenvalue weighted by atomic mass is 10.3. The molecule has 2 heterocycles. The number of anilines is 1. The molecule has 0 saturated carbocycles. The van der Waals surface area contributed by atoms with Crippen LogP contribution in [0.1, 0.15) is 12.8 Å². The third-order valence-electron chi connectivity index (χ3n) is 3.18. The number of ether oxygens (including phenoxy) is 1. The number of furan rings is 1. The lowest BCUT2D eigenvalue weighted by Crippen LogP contribution is -2.12. The third kappa shape index (κ3) is 3.11. The smallest absolute Gasteiger partial charge is 0.295 e. The molecule has 0 amide bonds. The molecule has 126 valence electrons. The second-order valence-electron chi connectivity index (χ2n) is 4.78. The maximum Gasteiger partial charge on any atom is 0.295 e. The molecule has 2 aromatic heterocycles. The van der Waals surface area contributed by atoms with Gasteiger partial charge in [-0.25, -0.2) is 0 Å². The SMILES string of the molecule is CCc1nnc(-c2ccc(S(=O)(=O)Nc3ccccc3OC)o2)o1. The van der Waals surface area contributed by atoms with Crippen LogP contribution in [0.3, 0.4) is 0 Å². The Hall–Kier alpha value is -2.81. The average molecular weight is 349 g/mol. The summed E-state index contributed by atoms with van der Waals surface area (Å²) in [6, 6.07) is 9.45. The quantitative estimate of drug-likeness (QED) is 0.729. The van der Waals surface area contributed by atoms with Crippen LogP contribution in [0.15, 0.2) is 50.3 Å². The van der Waals surface area contributed by atoms with E-state index >= 15 is 0 Å². The lowest BCUT2D eigenvalue weighted by molar-refractivity contribution is 0.416. The zero-order valence-electron chi connectivity index (χ0n) is 13.0. The maximum atomic E-state index is 12.4. The molecule has 0 unspecified atom stereocenters. The summed E-state index contributed by atoms with van der Waals surface area (Å²) in [5.41, 5.74) is 0.309. The molecule has 24 heavy (non-hydrogen) atoms. The standard InChI is InChI=1S/C15H15N3O5S/c1-3-13-16-17-15(23-13)12-8-9-14(22-12)24(19,20)18-10-6-4-5-7-11(10)21-2/h4-9,18H,3H2,1-2H3. The van der Waals surface area contributed by atoms with E-state index in [4.69, 9.17) is 13.6 Å². The van der Waals surface area contributed by atoms with Crippen molar-refractivity contribution in [3.63, 3.8) is 0 Å². The minimum absolute atomic E-state index is 0.130. The number of rotatable bonds is 6. The number of sulfonamides is 1. The number of benzene rings is 1. The van der Waals surface area contributed by atoms with Crippen LogP contribution >= 0.6 is 0 Å². The predicted octanol–water partition coefficient (Wildman–Crippen LogP) is 2.70. The van der Waals surface area contributed by atoms with Crippen LogP contribution in [0.2, 0.25) is 0 Å². The van der Waals surface area contributed by atoms with Crippen molar-refractivity contribution >= 4 is 15.7 Å². The zero-order chi connectivity index (χ0) is 17.2. The Balaban J connectivity index is 1.88. The first-order chi connectivity index (χ1) is 11.5.